The Morgan fingerprint density at radius 1 is 0.917 bits per heavy atom. The third-order valence-corrected chi connectivity index (χ3v) is 8.96. The summed E-state index contributed by atoms with van der Waals surface area (Å²) in [5.41, 5.74) is 3.63. The van der Waals surface area contributed by atoms with Gasteiger partial charge in [-0.3, -0.25) is 9.69 Å². The maximum Gasteiger partial charge on any atom is 0.260 e. The molecule has 0 bridgehead atoms. The van der Waals surface area contributed by atoms with Crippen molar-refractivity contribution in [1.29, 1.82) is 0 Å². The fraction of sp³-hybridized carbons (Fsp3) is 0.462. The zero-order valence-electron chi connectivity index (χ0n) is 21.9. The highest BCUT2D eigenvalue weighted by atomic mass is 35.5. The first-order chi connectivity index (χ1) is 16.6. The molecule has 3 rings (SSSR count). The summed E-state index contributed by atoms with van der Waals surface area (Å²) in [4.78, 5) is 22.4. The fourth-order valence-electron chi connectivity index (χ4n) is 3.84. The van der Waals surface area contributed by atoms with E-state index in [9.17, 15) is 13.2 Å². The number of fused-ring (bicyclic) bond motifs is 1. The minimum Gasteiger partial charge on any atom is -0.308 e. The van der Waals surface area contributed by atoms with Gasteiger partial charge in [0.25, 0.3) is 5.91 Å². The molecule has 0 saturated heterocycles. The topological polar surface area (TPSA) is 73.8 Å². The number of aromatic nitrogens is 1. The molecule has 0 N–H and O–H groups in total. The predicted molar refractivity (Wildman–Crippen MR) is 152 cm³/mol. The van der Waals surface area contributed by atoms with Gasteiger partial charge in [-0.15, -0.1) is 12.4 Å². The number of nitrogens with zero attached hydrogens (tertiary/aromatic N) is 4. The van der Waals surface area contributed by atoms with Gasteiger partial charge in [0.1, 0.15) is 0 Å². The van der Waals surface area contributed by atoms with Crippen molar-refractivity contribution in [2.24, 2.45) is 0 Å². The van der Waals surface area contributed by atoms with Gasteiger partial charge in [0.15, 0.2) is 5.13 Å². The summed E-state index contributed by atoms with van der Waals surface area (Å²) in [5, 5.41) is 0.648. The molecular formula is C26H37ClN4O3S2. The molecule has 2 aromatic carbocycles. The van der Waals surface area contributed by atoms with Crippen LogP contribution < -0.4 is 4.90 Å². The van der Waals surface area contributed by atoms with Crippen LogP contribution >= 0.6 is 23.7 Å². The predicted octanol–water partition coefficient (Wildman–Crippen LogP) is 5.35. The van der Waals surface area contributed by atoms with Crippen LogP contribution in [0.3, 0.4) is 0 Å². The number of aryl methyl sites for hydroxylation is 2. The Balaban J connectivity index is 0.00000456. The van der Waals surface area contributed by atoms with E-state index in [0.717, 1.165) is 34.2 Å². The molecule has 0 atom stereocenters. The molecule has 1 heterocycles. The van der Waals surface area contributed by atoms with Gasteiger partial charge in [-0.2, -0.15) is 4.31 Å². The normalized spacial score (nSPS) is 11.8. The monoisotopic (exact) mass is 552 g/mol. The quantitative estimate of drug-likeness (QED) is 0.320. The lowest BCUT2D eigenvalue weighted by Crippen LogP contribution is -2.36. The molecule has 198 valence electrons. The van der Waals surface area contributed by atoms with E-state index < -0.39 is 10.0 Å². The minimum atomic E-state index is -3.60. The average Bonchev–Trinajstić information content (AvgIpc) is 3.26. The first kappa shape index (κ1) is 30.2. The zero-order valence-corrected chi connectivity index (χ0v) is 24.4. The first-order valence-corrected chi connectivity index (χ1v) is 14.3. The summed E-state index contributed by atoms with van der Waals surface area (Å²) in [6.07, 6.45) is 1.50. The van der Waals surface area contributed by atoms with Gasteiger partial charge >= 0.3 is 0 Å². The molecule has 0 unspecified atom stereocenters. The summed E-state index contributed by atoms with van der Waals surface area (Å²) in [6, 6.07) is 10.4. The second kappa shape index (κ2) is 13.0. The lowest BCUT2D eigenvalue weighted by Gasteiger charge is -2.23. The average molecular weight is 553 g/mol. The number of halogens is 1. The maximum atomic E-state index is 13.6. The van der Waals surface area contributed by atoms with Crippen LogP contribution in [0.1, 0.15) is 48.2 Å². The standard InChI is InChI=1S/C26H36N4O3S2.ClH/c1-7-15-29(16-8-2)35(32,33)22-12-10-21(11-13-22)25(31)30(18-17-28(5)6)26-27-24-20(4)19(3)9-14-23(24)34-26;/h9-14H,7-8,15-18H2,1-6H3;1H. The van der Waals surface area contributed by atoms with Crippen molar-refractivity contribution >= 4 is 55.0 Å². The van der Waals surface area contributed by atoms with Gasteiger partial charge in [-0.05, 0) is 82.2 Å². The van der Waals surface area contributed by atoms with Crippen LogP contribution in [0, 0.1) is 13.8 Å². The van der Waals surface area contributed by atoms with Gasteiger partial charge in [0, 0.05) is 31.7 Å². The van der Waals surface area contributed by atoms with Crippen molar-refractivity contribution in [3.63, 3.8) is 0 Å². The number of likely N-dealkylation sites (N-methyl/N-ethyl adjacent to an activating group) is 1. The third-order valence-electron chi connectivity index (χ3n) is 6.01. The molecule has 36 heavy (non-hydrogen) atoms. The van der Waals surface area contributed by atoms with E-state index in [4.69, 9.17) is 4.98 Å². The molecule has 0 aliphatic carbocycles. The first-order valence-electron chi connectivity index (χ1n) is 12.0. The minimum absolute atomic E-state index is 0. The molecule has 0 saturated carbocycles. The summed E-state index contributed by atoms with van der Waals surface area (Å²) in [7, 11) is 0.333. The second-order valence-corrected chi connectivity index (χ2v) is 12.0. The second-order valence-electron chi connectivity index (χ2n) is 9.04. The van der Waals surface area contributed by atoms with Gasteiger partial charge in [0.05, 0.1) is 15.1 Å². The number of carbonyl (C=O) groups excluding carboxylic acids is 1. The Labute approximate surface area is 225 Å². The summed E-state index contributed by atoms with van der Waals surface area (Å²) >= 11 is 1.50. The van der Waals surface area contributed by atoms with E-state index in [-0.39, 0.29) is 23.2 Å². The Morgan fingerprint density at radius 2 is 1.53 bits per heavy atom. The molecular weight excluding hydrogens is 516 g/mol. The third kappa shape index (κ3) is 6.63. The van der Waals surface area contributed by atoms with E-state index in [1.54, 1.807) is 17.0 Å². The van der Waals surface area contributed by atoms with Crippen LogP contribution in [0.4, 0.5) is 5.13 Å². The highest BCUT2D eigenvalue weighted by molar-refractivity contribution is 7.89. The summed E-state index contributed by atoms with van der Waals surface area (Å²) < 4.78 is 28.8. The van der Waals surface area contributed by atoms with Gasteiger partial charge in [0.2, 0.25) is 10.0 Å². The number of sulfonamides is 1. The molecule has 1 amide bonds. The van der Waals surface area contributed by atoms with Crippen molar-refractivity contribution < 1.29 is 13.2 Å². The Bertz CT molecular complexity index is 1270. The SMILES string of the molecule is CCCN(CCC)S(=O)(=O)c1ccc(C(=O)N(CCN(C)C)c2nc3c(C)c(C)ccc3s2)cc1.Cl. The number of hydrogen-bond donors (Lipinski definition) is 0. The van der Waals surface area contributed by atoms with E-state index in [1.165, 1.54) is 27.8 Å². The van der Waals surface area contributed by atoms with Gasteiger partial charge < -0.3 is 4.90 Å². The Kier molecular flexibility index (Phi) is 10.9. The smallest absolute Gasteiger partial charge is 0.260 e. The molecule has 7 nitrogen and oxygen atoms in total. The number of anilines is 1. The molecule has 3 aromatic rings. The molecule has 0 aliphatic heterocycles. The van der Waals surface area contributed by atoms with E-state index in [0.29, 0.717) is 36.9 Å². The highest BCUT2D eigenvalue weighted by Crippen LogP contribution is 2.32. The lowest BCUT2D eigenvalue weighted by molar-refractivity contribution is 0.0985. The van der Waals surface area contributed by atoms with E-state index >= 15 is 0 Å². The van der Waals surface area contributed by atoms with Crippen molar-refractivity contribution in [3.05, 3.63) is 53.1 Å². The molecule has 0 radical (unpaired) electrons. The van der Waals surface area contributed by atoms with Gasteiger partial charge in [-0.1, -0.05) is 31.3 Å². The van der Waals surface area contributed by atoms with Gasteiger partial charge in [-0.25, -0.2) is 13.4 Å². The summed E-state index contributed by atoms with van der Waals surface area (Å²) in [5.74, 6) is -0.191. The molecule has 0 fully saturated rings. The number of thiazole rings is 1. The van der Waals surface area contributed by atoms with Crippen LogP contribution in [-0.4, -0.2) is 68.8 Å². The lowest BCUT2D eigenvalue weighted by atomic mass is 10.1. The van der Waals surface area contributed by atoms with Crippen molar-refractivity contribution in [3.8, 4) is 0 Å². The Hall–Kier alpha value is -2.04. The zero-order chi connectivity index (χ0) is 25.8. The fourth-order valence-corrected chi connectivity index (χ4v) is 6.51. The van der Waals surface area contributed by atoms with Crippen molar-refractivity contribution in [2.45, 2.75) is 45.4 Å². The largest absolute Gasteiger partial charge is 0.308 e. The summed E-state index contributed by atoms with van der Waals surface area (Å²) in [6.45, 7) is 10.1. The number of carbonyl (C=O) groups is 1. The molecule has 0 spiro atoms. The van der Waals surface area contributed by atoms with Crippen LogP contribution in [0.15, 0.2) is 41.3 Å². The number of benzene rings is 2. The van der Waals surface area contributed by atoms with E-state index in [1.807, 2.05) is 45.8 Å². The molecule has 1 aromatic heterocycles. The Morgan fingerprint density at radius 3 is 2.08 bits per heavy atom. The van der Waals surface area contributed by atoms with Crippen molar-refractivity contribution in [1.82, 2.24) is 14.2 Å². The van der Waals surface area contributed by atoms with Crippen LogP contribution in [-0.2, 0) is 10.0 Å². The van der Waals surface area contributed by atoms with E-state index in [2.05, 4.69) is 13.0 Å². The highest BCUT2D eigenvalue weighted by Gasteiger charge is 2.25. The molecule has 0 aliphatic rings. The van der Waals surface area contributed by atoms with Crippen LogP contribution in [0.25, 0.3) is 10.2 Å². The van der Waals surface area contributed by atoms with Crippen LogP contribution in [0.5, 0.6) is 0 Å². The van der Waals surface area contributed by atoms with Crippen molar-refractivity contribution in [2.75, 3.05) is 45.2 Å². The number of hydrogen-bond acceptors (Lipinski definition) is 6. The number of rotatable bonds is 11. The molecule has 10 heteroatoms. The maximum absolute atomic E-state index is 13.6. The number of amides is 1. The van der Waals surface area contributed by atoms with Crippen LogP contribution in [0.2, 0.25) is 0 Å².